The van der Waals surface area contributed by atoms with E-state index in [4.69, 9.17) is 9.47 Å². The van der Waals surface area contributed by atoms with Gasteiger partial charge in [-0.05, 0) is 60.8 Å². The molecular weight excluding hydrogens is 478 g/mol. The van der Waals surface area contributed by atoms with Gasteiger partial charge in [-0.1, -0.05) is 31.2 Å². The average molecular weight is 512 g/mol. The fourth-order valence-electron chi connectivity index (χ4n) is 5.18. The number of hydrogen-bond acceptors (Lipinski definition) is 6. The molecule has 1 N–H and O–H groups in total. The van der Waals surface area contributed by atoms with Crippen LogP contribution in [0.25, 0.3) is 0 Å². The van der Waals surface area contributed by atoms with Crippen molar-refractivity contribution in [3.8, 4) is 11.5 Å². The first kappa shape index (κ1) is 24.8. The van der Waals surface area contributed by atoms with Crippen LogP contribution in [0.1, 0.15) is 30.4 Å². The lowest BCUT2D eigenvalue weighted by Crippen LogP contribution is -2.39. The summed E-state index contributed by atoms with van der Waals surface area (Å²) in [6.45, 7) is 5.29. The quantitative estimate of drug-likeness (QED) is 0.548. The minimum Gasteiger partial charge on any atom is -0.486 e. The number of rotatable bonds is 8. The van der Waals surface area contributed by atoms with E-state index in [1.807, 2.05) is 24.1 Å². The van der Waals surface area contributed by atoms with Gasteiger partial charge in [0.05, 0.1) is 10.8 Å². The number of carbonyl (C=O) groups is 1. The number of benzene rings is 2. The molecule has 8 nitrogen and oxygen atoms in total. The van der Waals surface area contributed by atoms with Crippen molar-refractivity contribution < 1.29 is 22.7 Å². The standard InChI is InChI=1S/C27H33N3O5S/c1-3-19-5-4-6-20(13-19)24(9-10-28-2)27(31)29-15-21-17-30(18-22(21)16-29)36(32,33)23-7-8-25-26(14-23)35-12-11-34-25/h4-8,13-14,24,28H,3,9-12,15-18H2,1-2H3/t24-/m1/s1. The molecule has 9 heteroatoms. The van der Waals surface area contributed by atoms with Gasteiger partial charge in [0, 0.05) is 32.2 Å². The van der Waals surface area contributed by atoms with Gasteiger partial charge in [-0.25, -0.2) is 8.42 Å². The molecule has 0 saturated heterocycles. The highest BCUT2D eigenvalue weighted by molar-refractivity contribution is 7.89. The molecule has 3 heterocycles. The fourth-order valence-corrected chi connectivity index (χ4v) is 6.62. The predicted octanol–water partition coefficient (Wildman–Crippen LogP) is 2.56. The van der Waals surface area contributed by atoms with Crippen molar-refractivity contribution in [2.24, 2.45) is 0 Å². The van der Waals surface area contributed by atoms with Crippen LogP contribution >= 0.6 is 0 Å². The Morgan fingerprint density at radius 3 is 2.42 bits per heavy atom. The molecule has 192 valence electrons. The number of sulfonamides is 1. The lowest BCUT2D eigenvalue weighted by atomic mass is 9.92. The molecule has 0 saturated carbocycles. The van der Waals surface area contributed by atoms with E-state index in [1.165, 1.54) is 9.87 Å². The number of nitrogens with one attached hydrogen (secondary N) is 1. The van der Waals surface area contributed by atoms with Crippen LogP contribution in [0.4, 0.5) is 0 Å². The van der Waals surface area contributed by atoms with Crippen LogP contribution in [-0.4, -0.2) is 76.5 Å². The van der Waals surface area contributed by atoms with Crippen molar-refractivity contribution in [1.29, 1.82) is 0 Å². The lowest BCUT2D eigenvalue weighted by molar-refractivity contribution is -0.131. The number of fused-ring (bicyclic) bond motifs is 1. The van der Waals surface area contributed by atoms with E-state index >= 15 is 0 Å². The van der Waals surface area contributed by atoms with Crippen molar-refractivity contribution >= 4 is 15.9 Å². The molecule has 2 aromatic carbocycles. The van der Waals surface area contributed by atoms with Crippen LogP contribution in [0.5, 0.6) is 11.5 Å². The van der Waals surface area contributed by atoms with Gasteiger partial charge in [-0.3, -0.25) is 4.79 Å². The molecule has 36 heavy (non-hydrogen) atoms. The zero-order valence-electron chi connectivity index (χ0n) is 20.8. The first-order valence-corrected chi connectivity index (χ1v) is 14.0. The van der Waals surface area contributed by atoms with Crippen molar-refractivity contribution in [2.75, 3.05) is 53.0 Å². The first-order chi connectivity index (χ1) is 17.4. The van der Waals surface area contributed by atoms with Gasteiger partial charge in [0.1, 0.15) is 13.2 Å². The van der Waals surface area contributed by atoms with Crippen molar-refractivity contribution in [1.82, 2.24) is 14.5 Å². The monoisotopic (exact) mass is 511 g/mol. The molecule has 0 radical (unpaired) electrons. The highest BCUT2D eigenvalue weighted by Gasteiger charge is 2.39. The van der Waals surface area contributed by atoms with Crippen LogP contribution in [0.3, 0.4) is 0 Å². The SMILES string of the molecule is CCc1cccc([C@@H](CCNC)C(=O)N2CC3=C(C2)CN(S(=O)(=O)c2ccc4c(c2)OCCO4)C3)c1. The maximum absolute atomic E-state index is 13.6. The average Bonchev–Trinajstić information content (AvgIpc) is 3.49. The lowest BCUT2D eigenvalue weighted by Gasteiger charge is -2.27. The van der Waals surface area contributed by atoms with E-state index in [9.17, 15) is 13.2 Å². The third-order valence-electron chi connectivity index (χ3n) is 7.20. The van der Waals surface area contributed by atoms with Crippen LogP contribution in [0, 0.1) is 0 Å². The van der Waals surface area contributed by atoms with E-state index in [1.54, 1.807) is 18.2 Å². The summed E-state index contributed by atoms with van der Waals surface area (Å²) in [5.74, 6) is 0.905. The number of amides is 1. The Balaban J connectivity index is 1.27. The van der Waals surface area contributed by atoms with Crippen LogP contribution in [0.2, 0.25) is 0 Å². The number of aryl methyl sites for hydroxylation is 1. The van der Waals surface area contributed by atoms with E-state index in [0.29, 0.717) is 57.3 Å². The summed E-state index contributed by atoms with van der Waals surface area (Å²) in [5.41, 5.74) is 4.32. The van der Waals surface area contributed by atoms with Crippen LogP contribution in [-0.2, 0) is 21.2 Å². The summed E-state index contributed by atoms with van der Waals surface area (Å²) in [6.07, 6.45) is 1.64. The summed E-state index contributed by atoms with van der Waals surface area (Å²) in [4.78, 5) is 15.7. The smallest absolute Gasteiger partial charge is 0.243 e. The predicted molar refractivity (Wildman–Crippen MR) is 137 cm³/mol. The fraction of sp³-hybridized carbons (Fsp3) is 0.444. The Morgan fingerprint density at radius 2 is 1.72 bits per heavy atom. The minimum atomic E-state index is -3.69. The summed E-state index contributed by atoms with van der Waals surface area (Å²) in [5, 5.41) is 3.17. The number of ether oxygens (including phenoxy) is 2. The van der Waals surface area contributed by atoms with E-state index in [-0.39, 0.29) is 16.7 Å². The molecule has 0 fully saturated rings. The molecule has 0 spiro atoms. The van der Waals surface area contributed by atoms with Crippen molar-refractivity contribution in [2.45, 2.75) is 30.6 Å². The molecule has 1 amide bonds. The van der Waals surface area contributed by atoms with Crippen molar-refractivity contribution in [3.63, 3.8) is 0 Å². The molecular formula is C27H33N3O5S. The molecule has 0 bridgehead atoms. The molecule has 0 unspecified atom stereocenters. The second-order valence-corrected chi connectivity index (χ2v) is 11.5. The highest BCUT2D eigenvalue weighted by atomic mass is 32.2. The zero-order chi connectivity index (χ0) is 25.3. The Hall–Kier alpha value is -2.88. The second-order valence-electron chi connectivity index (χ2n) is 9.52. The van der Waals surface area contributed by atoms with Gasteiger partial charge in [0.25, 0.3) is 0 Å². The summed E-state index contributed by atoms with van der Waals surface area (Å²) < 4.78 is 39.3. The normalized spacial score (nSPS) is 18.4. The molecule has 0 aromatic heterocycles. The highest BCUT2D eigenvalue weighted by Crippen LogP contribution is 2.36. The third kappa shape index (κ3) is 4.75. The number of nitrogens with zero attached hydrogens (tertiary/aromatic N) is 2. The van der Waals surface area contributed by atoms with Gasteiger partial charge in [0.2, 0.25) is 15.9 Å². The van der Waals surface area contributed by atoms with Gasteiger partial charge < -0.3 is 19.7 Å². The molecule has 3 aliphatic rings. The van der Waals surface area contributed by atoms with Crippen molar-refractivity contribution in [3.05, 3.63) is 64.7 Å². The molecule has 2 aromatic rings. The molecule has 5 rings (SSSR count). The molecule has 0 aliphatic carbocycles. The maximum atomic E-state index is 13.6. The Bertz CT molecular complexity index is 1270. The second kappa shape index (κ2) is 10.2. The van der Waals surface area contributed by atoms with Gasteiger partial charge in [0.15, 0.2) is 11.5 Å². The van der Waals surface area contributed by atoms with Gasteiger partial charge >= 0.3 is 0 Å². The first-order valence-electron chi connectivity index (χ1n) is 12.5. The largest absolute Gasteiger partial charge is 0.486 e. The van der Waals surface area contributed by atoms with Crippen LogP contribution in [0.15, 0.2) is 58.5 Å². The number of carbonyl (C=O) groups excluding carboxylic acids is 1. The Labute approximate surface area is 212 Å². The maximum Gasteiger partial charge on any atom is 0.243 e. The zero-order valence-corrected chi connectivity index (χ0v) is 21.6. The number of hydrogen-bond donors (Lipinski definition) is 1. The summed E-state index contributed by atoms with van der Waals surface area (Å²) in [6, 6.07) is 13.0. The van der Waals surface area contributed by atoms with Crippen LogP contribution < -0.4 is 14.8 Å². The Morgan fingerprint density at radius 1 is 1.00 bits per heavy atom. The molecule has 3 aliphatic heterocycles. The van der Waals surface area contributed by atoms with Gasteiger partial charge in [-0.2, -0.15) is 4.31 Å². The van der Waals surface area contributed by atoms with E-state index < -0.39 is 10.0 Å². The molecule has 1 atom stereocenters. The third-order valence-corrected chi connectivity index (χ3v) is 8.99. The Kier molecular flexibility index (Phi) is 7.05. The summed E-state index contributed by atoms with van der Waals surface area (Å²) in [7, 11) is -1.79. The minimum absolute atomic E-state index is 0.106. The van der Waals surface area contributed by atoms with Gasteiger partial charge in [-0.15, -0.1) is 0 Å². The topological polar surface area (TPSA) is 88.2 Å². The summed E-state index contributed by atoms with van der Waals surface area (Å²) >= 11 is 0. The van der Waals surface area contributed by atoms with E-state index in [0.717, 1.165) is 29.7 Å². The van der Waals surface area contributed by atoms with E-state index in [2.05, 4.69) is 24.4 Å².